The molecule has 0 spiro atoms. The molecule has 18 heavy (non-hydrogen) atoms. The van der Waals surface area contributed by atoms with Crippen molar-refractivity contribution in [2.45, 2.75) is 17.4 Å². The fourth-order valence-corrected chi connectivity index (χ4v) is 3.53. The molecule has 1 aromatic carbocycles. The zero-order chi connectivity index (χ0) is 12.6. The molecular weight excluding hydrogens is 347 g/mol. The lowest BCUT2D eigenvalue weighted by molar-refractivity contribution is 0.471. The second-order valence-electron chi connectivity index (χ2n) is 3.99. The zero-order valence-corrected chi connectivity index (χ0v) is 12.6. The number of sulfonamides is 1. The first-order valence-electron chi connectivity index (χ1n) is 5.12. The monoisotopic (exact) mass is 358 g/mol. The largest absolute Gasteiger partial charge is 0.326 e. The second kappa shape index (κ2) is 5.83. The number of hydrogen-bond acceptors (Lipinski definition) is 3. The molecule has 2 rings (SSSR count). The van der Waals surface area contributed by atoms with Gasteiger partial charge in [0.2, 0.25) is 10.0 Å². The summed E-state index contributed by atoms with van der Waals surface area (Å²) in [4.78, 5) is -0.0349. The normalized spacial score (nSPS) is 20.7. The van der Waals surface area contributed by atoms with E-state index in [4.69, 9.17) is 5.73 Å². The molecular formula is C10H13BrClFN2O2S. The Morgan fingerprint density at radius 3 is 2.61 bits per heavy atom. The molecule has 0 aliphatic carbocycles. The quantitative estimate of drug-likeness (QED) is 0.875. The highest BCUT2D eigenvalue weighted by atomic mass is 79.9. The highest BCUT2D eigenvalue weighted by Gasteiger charge is 2.31. The van der Waals surface area contributed by atoms with Crippen molar-refractivity contribution in [2.24, 2.45) is 5.73 Å². The van der Waals surface area contributed by atoms with E-state index < -0.39 is 15.8 Å². The summed E-state index contributed by atoms with van der Waals surface area (Å²) in [5, 5.41) is 0. The maximum atomic E-state index is 13.3. The first-order valence-corrected chi connectivity index (χ1v) is 7.35. The lowest BCUT2D eigenvalue weighted by Crippen LogP contribution is -2.32. The summed E-state index contributed by atoms with van der Waals surface area (Å²) >= 11 is 2.99. The van der Waals surface area contributed by atoms with E-state index in [1.165, 1.54) is 16.4 Å². The Kier molecular flexibility index (Phi) is 5.13. The number of halogens is 3. The predicted octanol–water partition coefficient (Wildman–Crippen LogP) is 1.73. The van der Waals surface area contributed by atoms with Crippen LogP contribution in [0.5, 0.6) is 0 Å². The van der Waals surface area contributed by atoms with Crippen LogP contribution in [-0.4, -0.2) is 31.9 Å². The Balaban J connectivity index is 0.00000162. The Bertz CT molecular complexity index is 541. The summed E-state index contributed by atoms with van der Waals surface area (Å²) in [7, 11) is -3.62. The fraction of sp³-hybridized carbons (Fsp3) is 0.400. The van der Waals surface area contributed by atoms with Gasteiger partial charge in [-0.1, -0.05) is 0 Å². The molecule has 0 aromatic heterocycles. The maximum absolute atomic E-state index is 13.3. The maximum Gasteiger partial charge on any atom is 0.243 e. The minimum absolute atomic E-state index is 0. The van der Waals surface area contributed by atoms with Gasteiger partial charge in [0.15, 0.2) is 0 Å². The molecule has 1 atom stereocenters. The van der Waals surface area contributed by atoms with Gasteiger partial charge in [-0.05, 0) is 40.5 Å². The van der Waals surface area contributed by atoms with Crippen LogP contribution in [0.2, 0.25) is 0 Å². The summed E-state index contributed by atoms with van der Waals surface area (Å²) < 4.78 is 39.1. The molecule has 0 saturated carbocycles. The van der Waals surface area contributed by atoms with Gasteiger partial charge in [-0.3, -0.25) is 0 Å². The summed E-state index contributed by atoms with van der Waals surface area (Å²) in [5.74, 6) is -0.588. The Hall–Kier alpha value is -0.210. The number of hydrogen-bond donors (Lipinski definition) is 1. The van der Waals surface area contributed by atoms with Crippen molar-refractivity contribution >= 4 is 38.4 Å². The van der Waals surface area contributed by atoms with Crippen LogP contribution in [0.4, 0.5) is 4.39 Å². The van der Waals surface area contributed by atoms with Gasteiger partial charge in [0, 0.05) is 19.1 Å². The van der Waals surface area contributed by atoms with E-state index in [0.717, 1.165) is 6.07 Å². The minimum Gasteiger partial charge on any atom is -0.326 e. The van der Waals surface area contributed by atoms with E-state index in [1.54, 1.807) is 0 Å². The molecule has 0 radical (unpaired) electrons. The Labute approximate surface area is 120 Å². The van der Waals surface area contributed by atoms with Crippen molar-refractivity contribution in [2.75, 3.05) is 13.1 Å². The molecule has 1 heterocycles. The lowest BCUT2D eigenvalue weighted by atomic mass is 10.3. The van der Waals surface area contributed by atoms with Crippen LogP contribution < -0.4 is 5.73 Å². The first-order chi connectivity index (χ1) is 7.91. The van der Waals surface area contributed by atoms with Gasteiger partial charge in [-0.15, -0.1) is 12.4 Å². The van der Waals surface area contributed by atoms with Gasteiger partial charge in [0.05, 0.1) is 9.37 Å². The number of rotatable bonds is 2. The van der Waals surface area contributed by atoms with Crippen LogP contribution in [0.3, 0.4) is 0 Å². The molecule has 1 saturated heterocycles. The van der Waals surface area contributed by atoms with Crippen LogP contribution in [-0.2, 0) is 10.0 Å². The topological polar surface area (TPSA) is 63.4 Å². The van der Waals surface area contributed by atoms with Crippen molar-refractivity contribution in [3.63, 3.8) is 0 Å². The third kappa shape index (κ3) is 3.03. The van der Waals surface area contributed by atoms with E-state index in [2.05, 4.69) is 15.9 Å². The first kappa shape index (κ1) is 15.8. The third-order valence-electron chi connectivity index (χ3n) is 2.72. The zero-order valence-electron chi connectivity index (χ0n) is 9.34. The van der Waals surface area contributed by atoms with Crippen LogP contribution >= 0.6 is 28.3 Å². The van der Waals surface area contributed by atoms with Gasteiger partial charge in [-0.25, -0.2) is 12.8 Å². The van der Waals surface area contributed by atoms with Gasteiger partial charge in [0.1, 0.15) is 5.82 Å². The van der Waals surface area contributed by atoms with E-state index in [-0.39, 0.29) is 27.8 Å². The average Bonchev–Trinajstić information content (AvgIpc) is 2.69. The summed E-state index contributed by atoms with van der Waals surface area (Å²) in [5.41, 5.74) is 5.67. The molecule has 1 aromatic rings. The smallest absolute Gasteiger partial charge is 0.243 e. The van der Waals surface area contributed by atoms with Gasteiger partial charge in [-0.2, -0.15) is 4.31 Å². The fourth-order valence-electron chi connectivity index (χ4n) is 1.76. The van der Waals surface area contributed by atoms with Crippen molar-refractivity contribution in [3.8, 4) is 0 Å². The Morgan fingerprint density at radius 2 is 2.11 bits per heavy atom. The van der Waals surface area contributed by atoms with Crippen LogP contribution in [0.15, 0.2) is 27.6 Å². The second-order valence-corrected chi connectivity index (χ2v) is 6.78. The van der Waals surface area contributed by atoms with Crippen molar-refractivity contribution in [3.05, 3.63) is 28.5 Å². The summed E-state index contributed by atoms with van der Waals surface area (Å²) in [6.07, 6.45) is 0.637. The minimum atomic E-state index is -3.62. The number of benzene rings is 1. The third-order valence-corrected chi connectivity index (χ3v) is 5.22. The van der Waals surface area contributed by atoms with Gasteiger partial charge < -0.3 is 5.73 Å². The summed E-state index contributed by atoms with van der Waals surface area (Å²) in [6, 6.07) is 3.65. The molecule has 8 heteroatoms. The van der Waals surface area contributed by atoms with Crippen LogP contribution in [0, 0.1) is 5.82 Å². The van der Waals surface area contributed by atoms with Gasteiger partial charge in [0.25, 0.3) is 0 Å². The van der Waals surface area contributed by atoms with E-state index in [0.29, 0.717) is 19.5 Å². The van der Waals surface area contributed by atoms with E-state index >= 15 is 0 Å². The van der Waals surface area contributed by atoms with Crippen molar-refractivity contribution in [1.82, 2.24) is 4.31 Å². The van der Waals surface area contributed by atoms with E-state index in [1.807, 2.05) is 0 Å². The van der Waals surface area contributed by atoms with Crippen LogP contribution in [0.1, 0.15) is 6.42 Å². The summed E-state index contributed by atoms with van der Waals surface area (Å²) in [6.45, 7) is 0.682. The highest BCUT2D eigenvalue weighted by molar-refractivity contribution is 9.10. The van der Waals surface area contributed by atoms with Crippen molar-refractivity contribution < 1.29 is 12.8 Å². The molecule has 102 valence electrons. The molecule has 1 aliphatic heterocycles. The average molecular weight is 360 g/mol. The highest BCUT2D eigenvalue weighted by Crippen LogP contribution is 2.24. The molecule has 1 fully saturated rings. The molecule has 1 aliphatic rings. The standard InChI is InChI=1S/C10H12BrFN2O2S.ClH/c11-9-2-1-8(5-10(9)12)17(15,16)14-4-3-7(13)6-14;/h1-2,5,7H,3-4,6,13H2;1H/t7-;/m1./s1. The SMILES string of the molecule is Cl.N[C@@H]1CCN(S(=O)(=O)c2ccc(Br)c(F)c2)C1. The molecule has 2 N–H and O–H groups in total. The molecule has 0 unspecified atom stereocenters. The molecule has 4 nitrogen and oxygen atoms in total. The van der Waals surface area contributed by atoms with Crippen molar-refractivity contribution in [1.29, 1.82) is 0 Å². The molecule has 0 bridgehead atoms. The van der Waals surface area contributed by atoms with Gasteiger partial charge >= 0.3 is 0 Å². The molecule has 0 amide bonds. The Morgan fingerprint density at radius 1 is 1.44 bits per heavy atom. The number of nitrogens with zero attached hydrogens (tertiary/aromatic N) is 1. The van der Waals surface area contributed by atoms with E-state index in [9.17, 15) is 12.8 Å². The predicted molar refractivity (Wildman–Crippen MR) is 72.7 cm³/mol. The lowest BCUT2D eigenvalue weighted by Gasteiger charge is -2.16. The van der Waals surface area contributed by atoms with Crippen LogP contribution in [0.25, 0.3) is 0 Å². The number of nitrogens with two attached hydrogens (primary N) is 1.